The smallest absolute Gasteiger partial charge is 0.230 e. The van der Waals surface area contributed by atoms with E-state index in [0.29, 0.717) is 48.1 Å². The maximum Gasteiger partial charge on any atom is 0.230 e. The number of amidine groups is 1. The molecular weight excluding hydrogens is 541 g/mol. The highest BCUT2D eigenvalue weighted by Gasteiger charge is 2.34. The molecule has 1 aliphatic heterocycles. The number of benzene rings is 2. The first-order valence-electron chi connectivity index (χ1n) is 11.2. The molecule has 5 N–H and O–H groups in total. The van der Waals surface area contributed by atoms with Gasteiger partial charge < -0.3 is 16.3 Å². The summed E-state index contributed by atoms with van der Waals surface area (Å²) in [6.45, 7) is 1.54. The zero-order chi connectivity index (χ0) is 25.7. The fraction of sp³-hybridized carbons (Fsp3) is 0.292. The van der Waals surface area contributed by atoms with Gasteiger partial charge in [-0.2, -0.15) is 4.65 Å². The molecule has 190 valence electrons. The van der Waals surface area contributed by atoms with Crippen molar-refractivity contribution >= 4 is 58.0 Å². The Bertz CT molecular complexity index is 1240. The van der Waals surface area contributed by atoms with E-state index in [4.69, 9.17) is 34.1 Å². The van der Waals surface area contributed by atoms with E-state index in [-0.39, 0.29) is 28.2 Å². The molecule has 8 nitrogen and oxygen atoms in total. The second-order valence-electron chi connectivity index (χ2n) is 8.64. The van der Waals surface area contributed by atoms with Crippen LogP contribution in [0.4, 0.5) is 0 Å². The van der Waals surface area contributed by atoms with Crippen LogP contribution >= 0.6 is 46.3 Å². The maximum absolute atomic E-state index is 12.5. The number of amides is 1. The number of thioether (sulfide) groups is 1. The van der Waals surface area contributed by atoms with Crippen LogP contribution in [0, 0.1) is 0 Å². The average Bonchev–Trinajstić information content (AvgIpc) is 3.35. The Kier molecular flexibility index (Phi) is 8.76. The van der Waals surface area contributed by atoms with Crippen LogP contribution in [0.15, 0.2) is 57.3 Å². The van der Waals surface area contributed by atoms with E-state index in [0.717, 1.165) is 21.2 Å². The molecule has 0 aliphatic carbocycles. The van der Waals surface area contributed by atoms with Crippen LogP contribution in [0.1, 0.15) is 24.0 Å². The van der Waals surface area contributed by atoms with Crippen LogP contribution in [0.5, 0.6) is 0 Å². The highest BCUT2D eigenvalue weighted by atomic mass is 35.5. The van der Waals surface area contributed by atoms with Crippen molar-refractivity contribution in [2.24, 2.45) is 10.9 Å². The van der Waals surface area contributed by atoms with Crippen molar-refractivity contribution in [3.63, 3.8) is 0 Å². The van der Waals surface area contributed by atoms with Gasteiger partial charge in [-0.25, -0.2) is 10.2 Å². The molecule has 2 heterocycles. The molecule has 0 saturated carbocycles. The monoisotopic (exact) mass is 566 g/mol. The number of carbonyl (C=O) groups excluding carboxylic acids is 1. The van der Waals surface area contributed by atoms with Crippen LogP contribution in [0.2, 0.25) is 10.0 Å². The van der Waals surface area contributed by atoms with Crippen molar-refractivity contribution in [2.75, 3.05) is 18.8 Å². The predicted molar refractivity (Wildman–Crippen MR) is 144 cm³/mol. The Morgan fingerprint density at radius 1 is 1.19 bits per heavy atom. The molecule has 1 aliphatic rings. The number of piperidine rings is 1. The number of hydroxylamine groups is 3. The fourth-order valence-electron chi connectivity index (χ4n) is 4.05. The maximum atomic E-state index is 12.5. The topological polar surface area (TPSA) is 121 Å². The molecule has 3 aromatic rings. The summed E-state index contributed by atoms with van der Waals surface area (Å²) in [4.78, 5) is 17.1. The number of aromatic nitrogens is 1. The molecule has 1 saturated heterocycles. The first-order chi connectivity index (χ1) is 17.2. The molecule has 1 amide bonds. The quantitative estimate of drug-likeness (QED) is 0.0761. The summed E-state index contributed by atoms with van der Waals surface area (Å²) in [6, 6.07) is 12.7. The number of rotatable bonds is 8. The minimum atomic E-state index is -0.0820. The number of hydrogen-bond donors (Lipinski definition) is 4. The fourth-order valence-corrected chi connectivity index (χ4v) is 6.02. The standard InChI is InChI=1S/C24H25Cl2N5O3S2/c25-19-6-1-15(11-20(19)26)12-31(34)9-7-18(8-10-31)28-22(32)14-36-24-29-21(13-35-24)16-2-4-17(5-3-16)23(27)30-33/h1-6,11,13,18,34H,7-10,12,14H2,(H3-,27,28,30,32,33)/p+1. The van der Waals surface area contributed by atoms with Gasteiger partial charge in [0, 0.05) is 41.0 Å². The van der Waals surface area contributed by atoms with Crippen molar-refractivity contribution in [1.29, 1.82) is 0 Å². The number of nitrogens with zero attached hydrogens (tertiary/aromatic N) is 3. The first kappa shape index (κ1) is 26.7. The Labute approximate surface area is 227 Å². The van der Waals surface area contributed by atoms with Gasteiger partial charge in [0.05, 0.1) is 21.5 Å². The summed E-state index contributed by atoms with van der Waals surface area (Å²) >= 11 is 15.0. The first-order valence-corrected chi connectivity index (χ1v) is 13.9. The summed E-state index contributed by atoms with van der Waals surface area (Å²) in [5.74, 6) is 0.274. The number of quaternary nitrogens is 1. The van der Waals surface area contributed by atoms with Crippen LogP contribution < -0.4 is 11.1 Å². The van der Waals surface area contributed by atoms with Gasteiger partial charge in [-0.1, -0.05) is 70.5 Å². The third-order valence-corrected chi connectivity index (χ3v) is 8.77. The van der Waals surface area contributed by atoms with Crippen LogP contribution in [-0.2, 0) is 11.3 Å². The Morgan fingerprint density at radius 2 is 1.92 bits per heavy atom. The number of nitrogens with one attached hydrogen (secondary N) is 1. The minimum absolute atomic E-state index is 0.0329. The van der Waals surface area contributed by atoms with Gasteiger partial charge in [0.1, 0.15) is 19.6 Å². The number of halogens is 2. The van der Waals surface area contributed by atoms with Crippen molar-refractivity contribution in [3.8, 4) is 11.3 Å². The van der Waals surface area contributed by atoms with E-state index in [2.05, 4.69) is 15.5 Å². The molecule has 1 aromatic heterocycles. The molecule has 2 aromatic carbocycles. The van der Waals surface area contributed by atoms with Gasteiger partial charge in [0.15, 0.2) is 10.2 Å². The number of oxime groups is 1. The van der Waals surface area contributed by atoms with E-state index in [1.165, 1.54) is 23.1 Å². The zero-order valence-electron chi connectivity index (χ0n) is 19.2. The second-order valence-corrected chi connectivity index (χ2v) is 11.5. The zero-order valence-corrected chi connectivity index (χ0v) is 22.4. The second kappa shape index (κ2) is 11.8. The number of hydrogen-bond acceptors (Lipinski definition) is 7. The lowest BCUT2D eigenvalue weighted by molar-refractivity contribution is -1.12. The Balaban J connectivity index is 1.23. The van der Waals surface area contributed by atoms with Gasteiger partial charge in [0.2, 0.25) is 5.91 Å². The van der Waals surface area contributed by atoms with E-state index in [9.17, 15) is 10.0 Å². The molecule has 0 unspecified atom stereocenters. The summed E-state index contributed by atoms with van der Waals surface area (Å²) in [7, 11) is 0. The molecule has 0 bridgehead atoms. The summed E-state index contributed by atoms with van der Waals surface area (Å²) < 4.78 is 0.721. The van der Waals surface area contributed by atoms with Crippen LogP contribution in [0.3, 0.4) is 0 Å². The Hall–Kier alpha value is -2.34. The average molecular weight is 568 g/mol. The van der Waals surface area contributed by atoms with Crippen LogP contribution in [-0.4, -0.2) is 56.7 Å². The normalized spacial score (nSPS) is 20.3. The highest BCUT2D eigenvalue weighted by molar-refractivity contribution is 8.01. The number of likely N-dealkylation sites (tertiary alicyclic amines) is 1. The van der Waals surface area contributed by atoms with Gasteiger partial charge in [0.25, 0.3) is 0 Å². The largest absolute Gasteiger partial charge is 0.409 e. The van der Waals surface area contributed by atoms with Crippen molar-refractivity contribution in [1.82, 2.24) is 10.3 Å². The SMILES string of the molecule is N/C(=N\O)c1ccc(-c2csc(SCC(=O)NC3CC[N+](O)(Cc4ccc(Cl)c(Cl)c4)CC3)n2)cc1. The third kappa shape index (κ3) is 6.90. The number of thiazole rings is 1. The molecule has 1 fully saturated rings. The molecule has 0 spiro atoms. The van der Waals surface area contributed by atoms with Crippen molar-refractivity contribution in [3.05, 3.63) is 69.0 Å². The lowest BCUT2D eigenvalue weighted by Crippen LogP contribution is -2.54. The highest BCUT2D eigenvalue weighted by Crippen LogP contribution is 2.29. The number of carbonyl (C=O) groups is 1. The third-order valence-electron chi connectivity index (χ3n) is 6.01. The van der Waals surface area contributed by atoms with E-state index in [1.54, 1.807) is 24.3 Å². The molecule has 0 radical (unpaired) electrons. The van der Waals surface area contributed by atoms with E-state index in [1.807, 2.05) is 23.6 Å². The van der Waals surface area contributed by atoms with Gasteiger partial charge in [-0.15, -0.1) is 11.3 Å². The minimum Gasteiger partial charge on any atom is -0.409 e. The van der Waals surface area contributed by atoms with E-state index >= 15 is 0 Å². The number of nitrogens with two attached hydrogens (primary N) is 1. The Morgan fingerprint density at radius 3 is 2.58 bits per heavy atom. The summed E-state index contributed by atoms with van der Waals surface area (Å²) in [6.07, 6.45) is 1.38. The lowest BCUT2D eigenvalue weighted by Gasteiger charge is -2.37. The van der Waals surface area contributed by atoms with Crippen molar-refractivity contribution < 1.29 is 19.9 Å². The predicted octanol–water partition coefficient (Wildman–Crippen LogP) is 4.99. The van der Waals surface area contributed by atoms with Crippen LogP contribution in [0.25, 0.3) is 11.3 Å². The van der Waals surface area contributed by atoms with Crippen molar-refractivity contribution in [2.45, 2.75) is 29.8 Å². The van der Waals surface area contributed by atoms with Gasteiger partial charge in [-0.3, -0.25) is 4.79 Å². The summed E-state index contributed by atoms with van der Waals surface area (Å²) in [5, 5.41) is 28.7. The molecule has 12 heteroatoms. The molecule has 4 rings (SSSR count). The molecule has 0 atom stereocenters. The molecular formula is C24H26Cl2N5O3S2+. The van der Waals surface area contributed by atoms with Gasteiger partial charge in [-0.05, 0) is 12.1 Å². The lowest BCUT2D eigenvalue weighted by atomic mass is 10.0. The summed E-state index contributed by atoms with van der Waals surface area (Å²) in [5.41, 5.74) is 8.86. The molecule has 36 heavy (non-hydrogen) atoms. The van der Waals surface area contributed by atoms with Gasteiger partial charge >= 0.3 is 0 Å². The van der Waals surface area contributed by atoms with E-state index < -0.39 is 0 Å².